The second-order valence-electron chi connectivity index (χ2n) is 6.89. The number of hydrogen-bond donors (Lipinski definition) is 0. The molecular weight excluding hydrogens is 376 g/mol. The molecule has 0 saturated carbocycles. The van der Waals surface area contributed by atoms with Gasteiger partial charge in [-0.3, -0.25) is 0 Å². The van der Waals surface area contributed by atoms with E-state index in [4.69, 9.17) is 4.99 Å². The van der Waals surface area contributed by atoms with Crippen molar-refractivity contribution in [2.75, 3.05) is 0 Å². The minimum absolute atomic E-state index is 0.701. The highest BCUT2D eigenvalue weighted by Crippen LogP contribution is 2.19. The quantitative estimate of drug-likeness (QED) is 0.247. The highest BCUT2D eigenvalue weighted by Gasteiger charge is 2.05. The fourth-order valence-corrected chi connectivity index (χ4v) is 2.62. The molecule has 0 atom stereocenters. The predicted molar refractivity (Wildman–Crippen MR) is 141 cm³/mol. The van der Waals surface area contributed by atoms with Crippen molar-refractivity contribution >= 4 is 23.8 Å². The summed E-state index contributed by atoms with van der Waals surface area (Å²) in [6.45, 7) is 14.1. The van der Waals surface area contributed by atoms with Gasteiger partial charge in [-0.1, -0.05) is 105 Å². The second-order valence-corrected chi connectivity index (χ2v) is 6.89. The first-order valence-electron chi connectivity index (χ1n) is 10.9. The molecule has 0 fully saturated rings. The van der Waals surface area contributed by atoms with Crippen LogP contribution in [-0.4, -0.2) is 12.1 Å². The number of aryl methyl sites for hydroxylation is 1. The first kappa shape index (κ1) is 25.8. The van der Waals surface area contributed by atoms with Gasteiger partial charge in [0.1, 0.15) is 0 Å². The van der Waals surface area contributed by atoms with Crippen LogP contribution < -0.4 is 0 Å². The Labute approximate surface area is 189 Å². The van der Waals surface area contributed by atoms with E-state index in [9.17, 15) is 0 Å². The lowest BCUT2D eigenvalue weighted by Gasteiger charge is -2.06. The van der Waals surface area contributed by atoms with Crippen LogP contribution in [-0.2, 0) is 0 Å². The molecule has 2 rings (SSSR count). The molecule has 0 spiro atoms. The predicted octanol–water partition coefficient (Wildman–Crippen LogP) is 8.46. The van der Waals surface area contributed by atoms with Gasteiger partial charge in [-0.2, -0.15) is 0 Å². The van der Waals surface area contributed by atoms with E-state index >= 15 is 0 Å². The van der Waals surface area contributed by atoms with Crippen LogP contribution >= 0.6 is 0 Å². The Balaban J connectivity index is 0.000000861. The average Bonchev–Trinajstić information content (AvgIpc) is 2.80. The molecule has 0 N–H and O–H groups in total. The number of rotatable bonds is 7. The molecular formula is C29H36N2. The number of aliphatic imine (C=N–C) groups is 2. The number of benzene rings is 2. The number of amidine groups is 1. The lowest BCUT2D eigenvalue weighted by Crippen LogP contribution is -1.99. The lowest BCUT2D eigenvalue weighted by atomic mass is 10.1. The van der Waals surface area contributed by atoms with E-state index in [2.05, 4.69) is 87.0 Å². The maximum absolute atomic E-state index is 4.84. The molecule has 0 aliphatic heterocycles. The van der Waals surface area contributed by atoms with Gasteiger partial charge in [0.2, 0.25) is 0 Å². The molecule has 31 heavy (non-hydrogen) atoms. The summed E-state index contributed by atoms with van der Waals surface area (Å²) < 4.78 is 0. The summed E-state index contributed by atoms with van der Waals surface area (Å²) >= 11 is 0. The van der Waals surface area contributed by atoms with Crippen molar-refractivity contribution in [3.05, 3.63) is 108 Å². The third-order valence-electron chi connectivity index (χ3n) is 4.38. The highest BCUT2D eigenvalue weighted by molar-refractivity contribution is 6.06. The van der Waals surface area contributed by atoms with Gasteiger partial charge in [0, 0.05) is 11.8 Å². The summed E-state index contributed by atoms with van der Waals surface area (Å²) in [6.07, 6.45) is 16.0. The Morgan fingerprint density at radius 2 is 1.48 bits per heavy atom. The number of hydrogen-bond acceptors (Lipinski definition) is 1. The van der Waals surface area contributed by atoms with Crippen LogP contribution in [0.3, 0.4) is 0 Å². The van der Waals surface area contributed by atoms with E-state index in [1.165, 1.54) is 5.56 Å². The minimum atomic E-state index is 0.701. The van der Waals surface area contributed by atoms with E-state index in [-0.39, 0.29) is 0 Å². The van der Waals surface area contributed by atoms with Crippen LogP contribution in [0.2, 0.25) is 0 Å². The van der Waals surface area contributed by atoms with Gasteiger partial charge in [-0.15, -0.1) is 0 Å². The van der Waals surface area contributed by atoms with Crippen LogP contribution in [0.4, 0.5) is 0 Å². The first-order chi connectivity index (χ1) is 15.1. The van der Waals surface area contributed by atoms with Crippen LogP contribution in [0, 0.1) is 6.92 Å². The van der Waals surface area contributed by atoms with Crippen molar-refractivity contribution in [3.8, 4) is 0 Å². The number of allylic oxidation sites excluding steroid dienone is 5. The zero-order valence-electron chi connectivity index (χ0n) is 19.7. The van der Waals surface area contributed by atoms with Crippen molar-refractivity contribution in [1.29, 1.82) is 0 Å². The topological polar surface area (TPSA) is 24.7 Å². The Kier molecular flexibility index (Phi) is 12.9. The van der Waals surface area contributed by atoms with Gasteiger partial charge >= 0.3 is 0 Å². The van der Waals surface area contributed by atoms with Crippen molar-refractivity contribution in [3.63, 3.8) is 0 Å². The molecule has 162 valence electrons. The van der Waals surface area contributed by atoms with E-state index in [1.54, 1.807) is 6.21 Å². The summed E-state index contributed by atoms with van der Waals surface area (Å²) in [4.78, 5) is 9.43. The molecule has 0 bridgehead atoms. The van der Waals surface area contributed by atoms with Crippen LogP contribution in [0.5, 0.6) is 0 Å². The Morgan fingerprint density at radius 3 is 1.97 bits per heavy atom. The molecule has 2 aromatic rings. The van der Waals surface area contributed by atoms with Crippen LogP contribution in [0.1, 0.15) is 62.8 Å². The van der Waals surface area contributed by atoms with Crippen molar-refractivity contribution < 1.29 is 0 Å². The normalized spacial score (nSPS) is 12.4. The molecule has 0 radical (unpaired) electrons. The molecule has 0 unspecified atom stereocenters. The van der Waals surface area contributed by atoms with Crippen molar-refractivity contribution in [1.82, 2.24) is 0 Å². The fraction of sp³-hybridized carbons (Fsp3) is 0.241. The molecule has 0 aromatic heterocycles. The van der Waals surface area contributed by atoms with E-state index in [0.717, 1.165) is 35.2 Å². The Bertz CT molecular complexity index is 922. The Hall–Kier alpha value is -3.26. The lowest BCUT2D eigenvalue weighted by molar-refractivity contribution is 1.22. The smallest absolute Gasteiger partial charge is 0.159 e. The molecule has 2 nitrogen and oxygen atoms in total. The van der Waals surface area contributed by atoms with Gasteiger partial charge in [0.25, 0.3) is 0 Å². The van der Waals surface area contributed by atoms with Gasteiger partial charge in [-0.25, -0.2) is 9.98 Å². The summed E-state index contributed by atoms with van der Waals surface area (Å²) in [5, 5.41) is 0. The molecule has 2 heteroatoms. The summed E-state index contributed by atoms with van der Waals surface area (Å²) in [6, 6.07) is 16.5. The summed E-state index contributed by atoms with van der Waals surface area (Å²) in [5.41, 5.74) is 5.26. The molecule has 0 heterocycles. The maximum atomic E-state index is 4.84. The van der Waals surface area contributed by atoms with Gasteiger partial charge in [-0.05, 0) is 50.8 Å². The fourth-order valence-electron chi connectivity index (χ4n) is 2.62. The molecule has 0 aliphatic carbocycles. The standard InChI is InChI=1S/C24H26N2.C5H10/c1-5-8-9-18-25-24(22-14-10-19(4)11-15-22)26-23(7-3)21-16-12-20(6-2)13-17-21;1-3-5-4-2/h6-18H,2,5H2,1,3-4H3;3,5H,4H2,1-2H3/b9-8+,23-7-,25-18?,26-24?;5-3-. The largest absolute Gasteiger partial charge is 0.237 e. The third-order valence-corrected chi connectivity index (χ3v) is 4.38. The van der Waals surface area contributed by atoms with Crippen LogP contribution in [0.25, 0.3) is 11.8 Å². The molecule has 0 aliphatic rings. The van der Waals surface area contributed by atoms with Gasteiger partial charge in [0.15, 0.2) is 5.84 Å². The van der Waals surface area contributed by atoms with Gasteiger partial charge in [0.05, 0.1) is 5.70 Å². The Morgan fingerprint density at radius 1 is 0.871 bits per heavy atom. The van der Waals surface area contributed by atoms with Gasteiger partial charge < -0.3 is 0 Å². The maximum Gasteiger partial charge on any atom is 0.159 e. The molecule has 0 saturated heterocycles. The van der Waals surface area contributed by atoms with E-state index in [1.807, 2.05) is 44.2 Å². The van der Waals surface area contributed by atoms with Crippen molar-refractivity contribution in [2.45, 2.75) is 47.5 Å². The summed E-state index contributed by atoms with van der Waals surface area (Å²) in [7, 11) is 0. The zero-order chi connectivity index (χ0) is 22.9. The zero-order valence-corrected chi connectivity index (χ0v) is 19.7. The van der Waals surface area contributed by atoms with Crippen molar-refractivity contribution in [2.24, 2.45) is 9.98 Å². The van der Waals surface area contributed by atoms with E-state index < -0.39 is 0 Å². The monoisotopic (exact) mass is 412 g/mol. The summed E-state index contributed by atoms with van der Waals surface area (Å²) in [5.74, 6) is 0.701. The second kappa shape index (κ2) is 15.6. The molecule has 2 aromatic carbocycles. The molecule has 0 amide bonds. The highest BCUT2D eigenvalue weighted by atomic mass is 14.9. The van der Waals surface area contributed by atoms with Crippen LogP contribution in [0.15, 0.2) is 95.5 Å². The average molecular weight is 413 g/mol. The third kappa shape index (κ3) is 9.86. The minimum Gasteiger partial charge on any atom is -0.237 e. The first-order valence-corrected chi connectivity index (χ1v) is 10.9. The van der Waals surface area contributed by atoms with E-state index in [0.29, 0.717) is 5.84 Å². The number of nitrogens with zero attached hydrogens (tertiary/aromatic N) is 2. The SMILES string of the molecule is C/C=C\CC.C=Cc1ccc(/C(=C/C)N=C(N=C/C=C/CC)c2ccc(C)cc2)cc1.